The molecule has 0 bridgehead atoms. The van der Waals surface area contributed by atoms with Crippen LogP contribution in [0.2, 0.25) is 0 Å². The average Bonchev–Trinajstić information content (AvgIpc) is 2.67. The van der Waals surface area contributed by atoms with E-state index in [2.05, 4.69) is 26.9 Å². The Morgan fingerprint density at radius 1 is 1.50 bits per heavy atom. The molecule has 0 aliphatic carbocycles. The van der Waals surface area contributed by atoms with Crippen molar-refractivity contribution in [3.05, 3.63) is 18.2 Å². The maximum Gasteiger partial charge on any atom is 0.124 e. The third kappa shape index (κ3) is 2.13. The second kappa shape index (κ2) is 4.57. The largest absolute Gasteiger partial charge is 0.334 e. The summed E-state index contributed by atoms with van der Waals surface area (Å²) in [5.41, 5.74) is 3.39. The van der Waals surface area contributed by atoms with E-state index in [0.717, 1.165) is 32.0 Å². The Balaban J connectivity index is 1.95. The maximum absolute atomic E-state index is 4.36. The van der Waals surface area contributed by atoms with Gasteiger partial charge in [0.2, 0.25) is 0 Å². The lowest BCUT2D eigenvalue weighted by atomic mass is 10.2. The van der Waals surface area contributed by atoms with Gasteiger partial charge in [0, 0.05) is 32.0 Å². The van der Waals surface area contributed by atoms with Gasteiger partial charge in [-0.25, -0.2) is 9.99 Å². The van der Waals surface area contributed by atoms with Crippen molar-refractivity contribution in [1.82, 2.24) is 20.0 Å². The molecule has 0 radical (unpaired) electrons. The topological polar surface area (TPSA) is 33.1 Å². The fourth-order valence-corrected chi connectivity index (χ4v) is 1.83. The van der Waals surface area contributed by atoms with Crippen molar-refractivity contribution in [2.24, 2.45) is 0 Å². The third-order valence-corrected chi connectivity index (χ3v) is 2.66. The number of rotatable bonds is 3. The highest BCUT2D eigenvalue weighted by molar-refractivity contribution is 4.91. The van der Waals surface area contributed by atoms with Crippen molar-refractivity contribution in [3.8, 4) is 0 Å². The second-order valence-electron chi connectivity index (χ2n) is 3.67. The van der Waals surface area contributed by atoms with Crippen molar-refractivity contribution in [1.29, 1.82) is 0 Å². The highest BCUT2D eigenvalue weighted by Crippen LogP contribution is 2.05. The molecule has 14 heavy (non-hydrogen) atoms. The molecule has 0 amide bonds. The molecule has 1 aromatic heterocycles. The van der Waals surface area contributed by atoms with Crippen LogP contribution in [0.5, 0.6) is 0 Å². The van der Waals surface area contributed by atoms with E-state index >= 15 is 0 Å². The number of nitrogens with zero attached hydrogens (tertiary/aromatic N) is 3. The van der Waals surface area contributed by atoms with Gasteiger partial charge < -0.3 is 4.57 Å². The van der Waals surface area contributed by atoms with Gasteiger partial charge >= 0.3 is 0 Å². The van der Waals surface area contributed by atoms with Crippen LogP contribution in [-0.4, -0.2) is 27.6 Å². The zero-order valence-corrected chi connectivity index (χ0v) is 8.74. The summed E-state index contributed by atoms with van der Waals surface area (Å²) in [5, 5.41) is 2.26. The predicted octanol–water partition coefficient (Wildman–Crippen LogP) is 1.00. The molecular formula is C10H18N4. The normalized spacial score (nSPS) is 18.6. The maximum atomic E-state index is 4.36. The summed E-state index contributed by atoms with van der Waals surface area (Å²) in [5.74, 6) is 1.15. The van der Waals surface area contributed by atoms with E-state index in [0.29, 0.717) is 0 Å². The fraction of sp³-hybridized carbons (Fsp3) is 0.700. The van der Waals surface area contributed by atoms with Gasteiger partial charge in [-0.15, -0.1) is 0 Å². The lowest BCUT2D eigenvalue weighted by molar-refractivity contribution is 0.139. The molecule has 0 aromatic carbocycles. The summed E-state index contributed by atoms with van der Waals surface area (Å²) in [6.45, 7) is 6.31. The summed E-state index contributed by atoms with van der Waals surface area (Å²) in [6, 6.07) is 0. The number of imidazole rings is 1. The molecule has 4 heteroatoms. The van der Waals surface area contributed by atoms with Crippen LogP contribution in [0.3, 0.4) is 0 Å². The van der Waals surface area contributed by atoms with Gasteiger partial charge in [-0.3, -0.25) is 5.43 Å². The van der Waals surface area contributed by atoms with Gasteiger partial charge in [-0.2, -0.15) is 0 Å². The van der Waals surface area contributed by atoms with Gasteiger partial charge in [-0.05, 0) is 19.8 Å². The molecule has 1 aromatic rings. The van der Waals surface area contributed by atoms with Gasteiger partial charge in [0.15, 0.2) is 0 Å². The molecule has 4 nitrogen and oxygen atoms in total. The lowest BCUT2D eigenvalue weighted by Gasteiger charge is -2.27. The minimum Gasteiger partial charge on any atom is -0.334 e. The summed E-state index contributed by atoms with van der Waals surface area (Å²) < 4.78 is 2.19. The fourth-order valence-electron chi connectivity index (χ4n) is 1.83. The molecule has 1 aliphatic rings. The number of hydrogen-bond donors (Lipinski definition) is 1. The van der Waals surface area contributed by atoms with E-state index in [1.807, 2.05) is 12.4 Å². The smallest absolute Gasteiger partial charge is 0.124 e. The van der Waals surface area contributed by atoms with Crippen molar-refractivity contribution in [2.45, 2.75) is 32.9 Å². The molecule has 0 atom stereocenters. The molecule has 1 fully saturated rings. The Morgan fingerprint density at radius 3 is 3.14 bits per heavy atom. The van der Waals surface area contributed by atoms with Gasteiger partial charge in [0.25, 0.3) is 0 Å². The van der Waals surface area contributed by atoms with E-state index in [4.69, 9.17) is 0 Å². The van der Waals surface area contributed by atoms with E-state index < -0.39 is 0 Å². The SMILES string of the molecule is CCn1ccnc1CN1CCCCN1. The molecular weight excluding hydrogens is 176 g/mol. The Labute approximate surface area is 84.9 Å². The molecule has 1 aliphatic heterocycles. The van der Waals surface area contributed by atoms with Crippen LogP contribution in [-0.2, 0) is 13.1 Å². The Kier molecular flexibility index (Phi) is 3.16. The number of aromatic nitrogens is 2. The van der Waals surface area contributed by atoms with Crippen molar-refractivity contribution >= 4 is 0 Å². The van der Waals surface area contributed by atoms with Crippen LogP contribution < -0.4 is 5.43 Å². The first-order valence-electron chi connectivity index (χ1n) is 5.38. The van der Waals surface area contributed by atoms with Crippen LogP contribution in [0.4, 0.5) is 0 Å². The zero-order valence-electron chi connectivity index (χ0n) is 8.74. The molecule has 78 valence electrons. The van der Waals surface area contributed by atoms with Crippen LogP contribution in [0.1, 0.15) is 25.6 Å². The summed E-state index contributed by atoms with van der Waals surface area (Å²) >= 11 is 0. The minimum atomic E-state index is 0.918. The van der Waals surface area contributed by atoms with E-state index in [1.54, 1.807) is 0 Å². The minimum absolute atomic E-state index is 0.918. The van der Waals surface area contributed by atoms with Gasteiger partial charge in [-0.1, -0.05) is 0 Å². The number of hydrogen-bond acceptors (Lipinski definition) is 3. The molecule has 0 spiro atoms. The molecule has 0 unspecified atom stereocenters. The van der Waals surface area contributed by atoms with E-state index in [-0.39, 0.29) is 0 Å². The second-order valence-corrected chi connectivity index (χ2v) is 3.67. The lowest BCUT2D eigenvalue weighted by Crippen LogP contribution is -2.42. The number of hydrazine groups is 1. The first kappa shape index (κ1) is 9.68. The van der Waals surface area contributed by atoms with Crippen molar-refractivity contribution < 1.29 is 0 Å². The quantitative estimate of drug-likeness (QED) is 0.779. The first-order chi connectivity index (χ1) is 6.90. The molecule has 2 heterocycles. The summed E-state index contributed by atoms with van der Waals surface area (Å²) in [6.07, 6.45) is 6.50. The molecule has 1 N–H and O–H groups in total. The molecule has 2 rings (SSSR count). The van der Waals surface area contributed by atoms with E-state index in [1.165, 1.54) is 12.8 Å². The first-order valence-corrected chi connectivity index (χ1v) is 5.38. The Morgan fingerprint density at radius 2 is 2.43 bits per heavy atom. The average molecular weight is 194 g/mol. The summed E-state index contributed by atoms with van der Waals surface area (Å²) in [7, 11) is 0. The predicted molar refractivity (Wildman–Crippen MR) is 55.5 cm³/mol. The zero-order chi connectivity index (χ0) is 9.80. The highest BCUT2D eigenvalue weighted by Gasteiger charge is 2.11. The monoisotopic (exact) mass is 194 g/mol. The van der Waals surface area contributed by atoms with Crippen molar-refractivity contribution in [3.63, 3.8) is 0 Å². The van der Waals surface area contributed by atoms with Gasteiger partial charge in [0.1, 0.15) is 5.82 Å². The summed E-state index contributed by atoms with van der Waals surface area (Å²) in [4.78, 5) is 4.36. The van der Waals surface area contributed by atoms with E-state index in [9.17, 15) is 0 Å². The van der Waals surface area contributed by atoms with Crippen LogP contribution >= 0.6 is 0 Å². The Bertz CT molecular complexity index is 275. The van der Waals surface area contributed by atoms with Crippen LogP contribution in [0, 0.1) is 0 Å². The van der Waals surface area contributed by atoms with Gasteiger partial charge in [0.05, 0.1) is 6.54 Å². The molecule has 0 saturated carbocycles. The standard InChI is InChI=1S/C10H18N4/c1-2-13-8-6-11-10(13)9-14-7-4-3-5-12-14/h6,8,12H,2-5,7,9H2,1H3. The number of nitrogens with one attached hydrogen (secondary N) is 1. The highest BCUT2D eigenvalue weighted by atomic mass is 15.5. The van der Waals surface area contributed by atoms with Crippen LogP contribution in [0.25, 0.3) is 0 Å². The third-order valence-electron chi connectivity index (χ3n) is 2.66. The number of aryl methyl sites for hydroxylation is 1. The Hall–Kier alpha value is -0.870. The molecule has 1 saturated heterocycles. The van der Waals surface area contributed by atoms with Crippen LogP contribution in [0.15, 0.2) is 12.4 Å². The van der Waals surface area contributed by atoms with Crippen molar-refractivity contribution in [2.75, 3.05) is 13.1 Å².